The van der Waals surface area contributed by atoms with Gasteiger partial charge >= 0.3 is 0 Å². The van der Waals surface area contributed by atoms with Gasteiger partial charge in [-0.05, 0) is 45.6 Å². The van der Waals surface area contributed by atoms with Gasteiger partial charge in [0, 0.05) is 43.6 Å². The van der Waals surface area contributed by atoms with E-state index in [4.69, 9.17) is 15.0 Å². The van der Waals surface area contributed by atoms with Crippen LogP contribution in [0.1, 0.15) is 42.7 Å². The summed E-state index contributed by atoms with van der Waals surface area (Å²) in [7, 11) is 0. The Labute approximate surface area is 171 Å². The van der Waals surface area contributed by atoms with Crippen LogP contribution in [0.25, 0.3) is 0 Å². The van der Waals surface area contributed by atoms with Crippen LogP contribution in [0.2, 0.25) is 0 Å². The van der Waals surface area contributed by atoms with E-state index in [1.54, 1.807) is 0 Å². The number of aryl methyl sites for hydroxylation is 2. The monoisotopic (exact) mass is 404 g/mol. The van der Waals surface area contributed by atoms with Crippen molar-refractivity contribution < 1.29 is 18.8 Å². The average molecular weight is 405 g/mol. The molecule has 0 radical (unpaired) electrons. The summed E-state index contributed by atoms with van der Waals surface area (Å²) in [5, 5.41) is 4.06. The number of likely N-dealkylation sites (tertiary alicyclic amines) is 2. The van der Waals surface area contributed by atoms with Crippen molar-refractivity contribution in [1.29, 1.82) is 0 Å². The standard InChI is InChI=1S/C21H32N4O4/c1-13-18(14(2)29-23-13)11-24-6-5-17-16(10-24)12-28-19(17)9-20(26)25-7-3-15(4-8-25)21(22)27/h15-17,19H,3-12H2,1-2H3,(H2,22,27)/t16-,17-,19+/m1/s1. The van der Waals surface area contributed by atoms with Crippen molar-refractivity contribution in [3.63, 3.8) is 0 Å². The number of amides is 2. The van der Waals surface area contributed by atoms with Crippen molar-refractivity contribution in [3.05, 3.63) is 17.0 Å². The molecule has 1 aromatic heterocycles. The highest BCUT2D eigenvalue weighted by molar-refractivity contribution is 5.79. The predicted octanol–water partition coefficient (Wildman–Crippen LogP) is 1.24. The zero-order valence-corrected chi connectivity index (χ0v) is 17.4. The fourth-order valence-electron chi connectivity index (χ4n) is 5.18. The second kappa shape index (κ2) is 8.44. The van der Waals surface area contributed by atoms with E-state index in [1.807, 2.05) is 18.7 Å². The zero-order chi connectivity index (χ0) is 20.5. The molecule has 0 saturated carbocycles. The number of primary amides is 1. The van der Waals surface area contributed by atoms with Crippen LogP contribution in [-0.2, 0) is 20.9 Å². The Balaban J connectivity index is 1.27. The lowest BCUT2D eigenvalue weighted by Gasteiger charge is -2.36. The fourth-order valence-corrected chi connectivity index (χ4v) is 5.18. The topological polar surface area (TPSA) is 102 Å². The molecule has 0 spiro atoms. The summed E-state index contributed by atoms with van der Waals surface area (Å²) in [6.45, 7) is 8.79. The van der Waals surface area contributed by atoms with Gasteiger partial charge in [-0.15, -0.1) is 0 Å². The van der Waals surface area contributed by atoms with Crippen molar-refractivity contribution in [3.8, 4) is 0 Å². The van der Waals surface area contributed by atoms with Gasteiger partial charge in [0.2, 0.25) is 11.8 Å². The molecule has 0 bridgehead atoms. The Morgan fingerprint density at radius 2 is 1.93 bits per heavy atom. The molecular weight excluding hydrogens is 372 g/mol. The van der Waals surface area contributed by atoms with Crippen LogP contribution in [0.3, 0.4) is 0 Å². The summed E-state index contributed by atoms with van der Waals surface area (Å²) in [5.74, 6) is 1.63. The summed E-state index contributed by atoms with van der Waals surface area (Å²) < 4.78 is 11.4. The summed E-state index contributed by atoms with van der Waals surface area (Å²) in [4.78, 5) is 28.4. The molecule has 1 aromatic rings. The Kier molecular flexibility index (Phi) is 5.92. The molecule has 2 amide bonds. The third kappa shape index (κ3) is 4.33. The van der Waals surface area contributed by atoms with Gasteiger partial charge in [0.25, 0.3) is 0 Å². The molecule has 3 fully saturated rings. The molecule has 4 heterocycles. The van der Waals surface area contributed by atoms with Crippen LogP contribution in [-0.4, -0.2) is 65.7 Å². The first-order chi connectivity index (χ1) is 13.9. The average Bonchev–Trinajstić information content (AvgIpc) is 3.25. The largest absolute Gasteiger partial charge is 0.377 e. The third-order valence-electron chi connectivity index (χ3n) is 7.07. The SMILES string of the molecule is Cc1noc(C)c1CN1CC[C@@H]2[C@@H](CO[C@H]2CC(=O)N2CCC(C(N)=O)CC2)C1. The summed E-state index contributed by atoms with van der Waals surface area (Å²) >= 11 is 0. The number of hydrogen-bond donors (Lipinski definition) is 1. The maximum absolute atomic E-state index is 12.8. The molecule has 3 aliphatic heterocycles. The quantitative estimate of drug-likeness (QED) is 0.792. The molecule has 4 rings (SSSR count). The van der Waals surface area contributed by atoms with Crippen molar-refractivity contribution in [1.82, 2.24) is 15.0 Å². The van der Waals surface area contributed by atoms with Gasteiger partial charge in [-0.2, -0.15) is 0 Å². The first-order valence-electron chi connectivity index (χ1n) is 10.7. The minimum absolute atomic E-state index is 0.0163. The first-order valence-corrected chi connectivity index (χ1v) is 10.7. The highest BCUT2D eigenvalue weighted by atomic mass is 16.5. The lowest BCUT2D eigenvalue weighted by Crippen LogP contribution is -2.44. The Hall–Kier alpha value is -1.93. The van der Waals surface area contributed by atoms with Gasteiger partial charge < -0.3 is 19.9 Å². The molecule has 2 N–H and O–H groups in total. The number of nitrogens with zero attached hydrogens (tertiary/aromatic N) is 3. The first kappa shape index (κ1) is 20.3. The van der Waals surface area contributed by atoms with Gasteiger partial charge in [0.15, 0.2) is 0 Å². The van der Waals surface area contributed by atoms with E-state index in [0.29, 0.717) is 44.2 Å². The van der Waals surface area contributed by atoms with E-state index in [2.05, 4.69) is 10.1 Å². The number of hydrogen-bond acceptors (Lipinski definition) is 6. The number of carbonyl (C=O) groups is 2. The number of carbonyl (C=O) groups excluding carboxylic acids is 2. The van der Waals surface area contributed by atoms with Gasteiger partial charge in [0.1, 0.15) is 5.76 Å². The van der Waals surface area contributed by atoms with Crippen molar-refractivity contribution in [2.45, 2.75) is 52.2 Å². The van der Waals surface area contributed by atoms with E-state index in [-0.39, 0.29) is 23.8 Å². The maximum atomic E-state index is 12.8. The highest BCUT2D eigenvalue weighted by Gasteiger charge is 2.42. The van der Waals surface area contributed by atoms with Crippen LogP contribution in [0.4, 0.5) is 0 Å². The highest BCUT2D eigenvalue weighted by Crippen LogP contribution is 2.37. The van der Waals surface area contributed by atoms with Crippen molar-refractivity contribution in [2.24, 2.45) is 23.5 Å². The Morgan fingerprint density at radius 1 is 1.17 bits per heavy atom. The van der Waals surface area contributed by atoms with Crippen LogP contribution in [0, 0.1) is 31.6 Å². The van der Waals surface area contributed by atoms with E-state index in [1.165, 1.54) is 5.56 Å². The molecule has 0 aromatic carbocycles. The number of nitrogens with two attached hydrogens (primary N) is 1. The lowest BCUT2D eigenvalue weighted by atomic mass is 9.83. The maximum Gasteiger partial charge on any atom is 0.225 e. The van der Waals surface area contributed by atoms with Crippen molar-refractivity contribution >= 4 is 11.8 Å². The van der Waals surface area contributed by atoms with E-state index >= 15 is 0 Å². The molecule has 29 heavy (non-hydrogen) atoms. The number of aromatic nitrogens is 1. The van der Waals surface area contributed by atoms with Crippen LogP contribution >= 0.6 is 0 Å². The van der Waals surface area contributed by atoms with Crippen LogP contribution in [0.15, 0.2) is 4.52 Å². The molecular formula is C21H32N4O4. The normalized spacial score (nSPS) is 28.5. The van der Waals surface area contributed by atoms with Crippen LogP contribution < -0.4 is 5.73 Å². The predicted molar refractivity (Wildman–Crippen MR) is 106 cm³/mol. The fraction of sp³-hybridized carbons (Fsp3) is 0.762. The molecule has 3 atom stereocenters. The van der Waals surface area contributed by atoms with Gasteiger partial charge in [-0.25, -0.2) is 0 Å². The number of rotatable bonds is 5. The molecule has 0 unspecified atom stereocenters. The van der Waals surface area contributed by atoms with Crippen LogP contribution in [0.5, 0.6) is 0 Å². The van der Waals surface area contributed by atoms with Crippen molar-refractivity contribution in [2.75, 3.05) is 32.8 Å². The summed E-state index contributed by atoms with van der Waals surface area (Å²) in [6.07, 6.45) is 2.87. The molecule has 3 aliphatic rings. The van der Waals surface area contributed by atoms with E-state index < -0.39 is 0 Å². The molecule has 8 heteroatoms. The zero-order valence-electron chi connectivity index (χ0n) is 17.4. The summed E-state index contributed by atoms with van der Waals surface area (Å²) in [5.41, 5.74) is 7.55. The third-order valence-corrected chi connectivity index (χ3v) is 7.07. The minimum Gasteiger partial charge on any atom is -0.377 e. The molecule has 0 aliphatic carbocycles. The molecule has 8 nitrogen and oxygen atoms in total. The van der Waals surface area contributed by atoms with Gasteiger partial charge in [-0.1, -0.05) is 5.16 Å². The lowest BCUT2D eigenvalue weighted by molar-refractivity contribution is -0.137. The Bertz CT molecular complexity index is 736. The second-order valence-electron chi connectivity index (χ2n) is 8.88. The smallest absolute Gasteiger partial charge is 0.225 e. The van der Waals surface area contributed by atoms with E-state index in [0.717, 1.165) is 44.1 Å². The minimum atomic E-state index is -0.248. The number of fused-ring (bicyclic) bond motifs is 1. The Morgan fingerprint density at radius 3 is 2.59 bits per heavy atom. The van der Waals surface area contributed by atoms with Gasteiger partial charge in [-0.3, -0.25) is 14.5 Å². The summed E-state index contributed by atoms with van der Waals surface area (Å²) in [6, 6.07) is 0. The van der Waals surface area contributed by atoms with Gasteiger partial charge in [0.05, 0.1) is 24.8 Å². The second-order valence-corrected chi connectivity index (χ2v) is 8.88. The van der Waals surface area contributed by atoms with E-state index in [9.17, 15) is 9.59 Å². The number of piperidine rings is 2. The molecule has 3 saturated heterocycles. The number of ether oxygens (including phenoxy) is 1. The molecule has 160 valence electrons.